The van der Waals surface area contributed by atoms with Crippen LogP contribution in [0.25, 0.3) is 11.0 Å². The lowest BCUT2D eigenvalue weighted by atomic mass is 10.3. The van der Waals surface area contributed by atoms with Gasteiger partial charge in [-0.05, 0) is 32.0 Å². The number of rotatable bonds is 4. The maximum Gasteiger partial charge on any atom is 0.242 e. The smallest absolute Gasteiger partial charge is 0.242 e. The molecule has 0 saturated carbocycles. The highest BCUT2D eigenvalue weighted by Crippen LogP contribution is 2.22. The van der Waals surface area contributed by atoms with Gasteiger partial charge in [0.25, 0.3) is 0 Å². The van der Waals surface area contributed by atoms with Crippen LogP contribution < -0.4 is 5.73 Å². The van der Waals surface area contributed by atoms with Crippen LogP contribution in [0.15, 0.2) is 22.7 Å². The van der Waals surface area contributed by atoms with E-state index in [2.05, 4.69) is 20.9 Å². The summed E-state index contributed by atoms with van der Waals surface area (Å²) in [5.41, 5.74) is 7.57. The maximum atomic E-state index is 12.2. The first-order chi connectivity index (χ1) is 9.06. The molecular formula is C13H17BrN4O. The second-order valence-corrected chi connectivity index (χ2v) is 5.17. The lowest BCUT2D eigenvalue weighted by molar-refractivity contribution is -0.131. The Morgan fingerprint density at radius 3 is 2.74 bits per heavy atom. The predicted molar refractivity (Wildman–Crippen MR) is 79.8 cm³/mol. The molecule has 6 heteroatoms. The van der Waals surface area contributed by atoms with E-state index in [1.165, 1.54) is 0 Å². The third-order valence-corrected chi connectivity index (χ3v) is 3.64. The summed E-state index contributed by atoms with van der Waals surface area (Å²) in [4.78, 5) is 18.2. The molecule has 2 N–H and O–H groups in total. The molecule has 0 radical (unpaired) electrons. The summed E-state index contributed by atoms with van der Waals surface area (Å²) in [6, 6.07) is 5.72. The van der Waals surface area contributed by atoms with Crippen LogP contribution in [0.4, 0.5) is 5.95 Å². The Morgan fingerprint density at radius 1 is 1.42 bits per heavy atom. The van der Waals surface area contributed by atoms with Crippen molar-refractivity contribution < 1.29 is 4.79 Å². The molecule has 0 fully saturated rings. The van der Waals surface area contributed by atoms with Crippen LogP contribution in [-0.4, -0.2) is 33.4 Å². The van der Waals surface area contributed by atoms with Gasteiger partial charge < -0.3 is 15.2 Å². The number of carbonyl (C=O) groups is 1. The topological polar surface area (TPSA) is 64.2 Å². The van der Waals surface area contributed by atoms with Crippen LogP contribution in [-0.2, 0) is 11.3 Å². The highest BCUT2D eigenvalue weighted by Gasteiger charge is 2.15. The summed E-state index contributed by atoms with van der Waals surface area (Å²) < 4.78 is 2.69. The van der Waals surface area contributed by atoms with Crippen molar-refractivity contribution in [3.05, 3.63) is 22.7 Å². The molecule has 1 aromatic carbocycles. The molecule has 0 atom stereocenters. The Labute approximate surface area is 120 Å². The number of hydrogen-bond donors (Lipinski definition) is 1. The van der Waals surface area contributed by atoms with E-state index in [1.807, 2.05) is 32.0 Å². The number of amides is 1. The van der Waals surface area contributed by atoms with Crippen LogP contribution >= 0.6 is 15.9 Å². The number of anilines is 1. The Kier molecular flexibility index (Phi) is 4.09. The minimum Gasteiger partial charge on any atom is -0.369 e. The van der Waals surface area contributed by atoms with Crippen molar-refractivity contribution in [1.29, 1.82) is 0 Å². The quantitative estimate of drug-likeness (QED) is 0.938. The van der Waals surface area contributed by atoms with Gasteiger partial charge in [-0.15, -0.1) is 0 Å². The normalized spacial score (nSPS) is 10.9. The molecule has 2 rings (SSSR count). The molecule has 5 nitrogen and oxygen atoms in total. The van der Waals surface area contributed by atoms with Gasteiger partial charge in [0.2, 0.25) is 11.9 Å². The number of likely N-dealkylation sites (N-methyl/N-ethyl adjacent to an activating group) is 1. The molecule has 0 unspecified atom stereocenters. The van der Waals surface area contributed by atoms with Gasteiger partial charge in [0.05, 0.1) is 11.0 Å². The monoisotopic (exact) mass is 324 g/mol. The summed E-state index contributed by atoms with van der Waals surface area (Å²) in [5.74, 6) is 0.421. The van der Waals surface area contributed by atoms with E-state index in [0.717, 1.165) is 15.5 Å². The van der Waals surface area contributed by atoms with Gasteiger partial charge in [0, 0.05) is 17.6 Å². The third-order valence-electron chi connectivity index (χ3n) is 3.15. The van der Waals surface area contributed by atoms with Crippen LogP contribution in [0.2, 0.25) is 0 Å². The molecule has 1 heterocycles. The van der Waals surface area contributed by atoms with Crippen LogP contribution in [0.5, 0.6) is 0 Å². The maximum absolute atomic E-state index is 12.2. The highest BCUT2D eigenvalue weighted by molar-refractivity contribution is 9.10. The van der Waals surface area contributed by atoms with Crippen LogP contribution in [0.3, 0.4) is 0 Å². The SMILES string of the molecule is CCN(CC)C(=O)Cn1c(N)nc2ccc(Br)cc21. The van der Waals surface area contributed by atoms with Gasteiger partial charge in [-0.2, -0.15) is 0 Å². The molecular weight excluding hydrogens is 308 g/mol. The fourth-order valence-corrected chi connectivity index (χ4v) is 2.44. The van der Waals surface area contributed by atoms with E-state index in [1.54, 1.807) is 9.47 Å². The summed E-state index contributed by atoms with van der Waals surface area (Å²) in [7, 11) is 0. The molecule has 0 aliphatic heterocycles. The minimum absolute atomic E-state index is 0.0518. The van der Waals surface area contributed by atoms with Gasteiger partial charge in [-0.1, -0.05) is 15.9 Å². The molecule has 0 aliphatic rings. The van der Waals surface area contributed by atoms with Crippen molar-refractivity contribution in [2.24, 2.45) is 0 Å². The number of nitrogens with zero attached hydrogens (tertiary/aromatic N) is 3. The lowest BCUT2D eigenvalue weighted by Gasteiger charge is -2.19. The average molecular weight is 325 g/mol. The molecule has 0 saturated heterocycles. The average Bonchev–Trinajstić information content (AvgIpc) is 2.67. The minimum atomic E-state index is 0.0518. The second kappa shape index (κ2) is 5.61. The Balaban J connectivity index is 2.37. The summed E-state index contributed by atoms with van der Waals surface area (Å²) in [6.45, 7) is 5.55. The Bertz CT molecular complexity index is 604. The molecule has 2 aromatic rings. The standard InChI is InChI=1S/C13H17BrN4O/c1-3-17(4-2)12(19)8-18-11-7-9(14)5-6-10(11)16-13(18)15/h5-7H,3-4,8H2,1-2H3,(H2,15,16). The Morgan fingerprint density at radius 2 is 2.11 bits per heavy atom. The molecule has 0 spiro atoms. The summed E-state index contributed by atoms with van der Waals surface area (Å²) >= 11 is 3.42. The lowest BCUT2D eigenvalue weighted by Crippen LogP contribution is -2.33. The molecule has 1 aromatic heterocycles. The molecule has 1 amide bonds. The van der Waals surface area contributed by atoms with E-state index in [4.69, 9.17) is 5.73 Å². The zero-order valence-corrected chi connectivity index (χ0v) is 12.6. The molecule has 0 bridgehead atoms. The molecule has 19 heavy (non-hydrogen) atoms. The van der Waals surface area contributed by atoms with E-state index in [-0.39, 0.29) is 12.5 Å². The van der Waals surface area contributed by atoms with Gasteiger partial charge in [0.1, 0.15) is 6.54 Å². The first-order valence-corrected chi connectivity index (χ1v) is 7.05. The molecule has 0 aliphatic carbocycles. The number of nitrogens with two attached hydrogens (primary N) is 1. The van der Waals surface area contributed by atoms with Gasteiger partial charge >= 0.3 is 0 Å². The van der Waals surface area contributed by atoms with Crippen molar-refractivity contribution in [3.8, 4) is 0 Å². The first-order valence-electron chi connectivity index (χ1n) is 6.25. The third kappa shape index (κ3) is 2.73. The van der Waals surface area contributed by atoms with Crippen LogP contribution in [0.1, 0.15) is 13.8 Å². The van der Waals surface area contributed by atoms with Crippen molar-refractivity contribution in [2.45, 2.75) is 20.4 Å². The zero-order valence-electron chi connectivity index (χ0n) is 11.1. The van der Waals surface area contributed by atoms with E-state index < -0.39 is 0 Å². The van der Waals surface area contributed by atoms with Gasteiger partial charge in [-0.3, -0.25) is 4.79 Å². The Hall–Kier alpha value is -1.56. The predicted octanol–water partition coefficient (Wildman–Crippen LogP) is 2.25. The number of benzene rings is 1. The number of nitrogen functional groups attached to an aromatic ring is 1. The number of imidazole rings is 1. The summed E-state index contributed by atoms with van der Waals surface area (Å²) in [5, 5.41) is 0. The number of fused-ring (bicyclic) bond motifs is 1. The largest absolute Gasteiger partial charge is 0.369 e. The van der Waals surface area contributed by atoms with E-state index in [9.17, 15) is 4.79 Å². The van der Waals surface area contributed by atoms with Crippen molar-refractivity contribution in [2.75, 3.05) is 18.8 Å². The van der Waals surface area contributed by atoms with Crippen molar-refractivity contribution >= 4 is 38.8 Å². The van der Waals surface area contributed by atoms with E-state index in [0.29, 0.717) is 19.0 Å². The van der Waals surface area contributed by atoms with Crippen molar-refractivity contribution in [1.82, 2.24) is 14.5 Å². The molecule has 102 valence electrons. The van der Waals surface area contributed by atoms with Gasteiger partial charge in [0.15, 0.2) is 0 Å². The fourth-order valence-electron chi connectivity index (χ4n) is 2.09. The van der Waals surface area contributed by atoms with Crippen LogP contribution in [0, 0.1) is 0 Å². The number of aromatic nitrogens is 2. The van der Waals surface area contributed by atoms with Crippen molar-refractivity contribution in [3.63, 3.8) is 0 Å². The second-order valence-electron chi connectivity index (χ2n) is 4.26. The first kappa shape index (κ1) is 13.9. The van der Waals surface area contributed by atoms with Gasteiger partial charge in [-0.25, -0.2) is 4.98 Å². The van der Waals surface area contributed by atoms with E-state index >= 15 is 0 Å². The highest BCUT2D eigenvalue weighted by atomic mass is 79.9. The number of hydrogen-bond acceptors (Lipinski definition) is 3. The number of carbonyl (C=O) groups excluding carboxylic acids is 1. The zero-order chi connectivity index (χ0) is 14.0. The fraction of sp³-hybridized carbons (Fsp3) is 0.385. The summed E-state index contributed by atoms with van der Waals surface area (Å²) in [6.07, 6.45) is 0. The number of halogens is 1.